The van der Waals surface area contributed by atoms with Crippen molar-refractivity contribution in [3.05, 3.63) is 71.5 Å². The summed E-state index contributed by atoms with van der Waals surface area (Å²) in [5, 5.41) is 14.2. The summed E-state index contributed by atoms with van der Waals surface area (Å²) >= 11 is 5.67. The summed E-state index contributed by atoms with van der Waals surface area (Å²) in [6.45, 7) is 1.53. The summed E-state index contributed by atoms with van der Waals surface area (Å²) in [5.41, 5.74) is 2.07. The number of rotatable bonds is 5. The van der Waals surface area contributed by atoms with Crippen molar-refractivity contribution < 1.29 is 23.1 Å². The van der Waals surface area contributed by atoms with Crippen molar-refractivity contribution in [2.45, 2.75) is 19.0 Å². The summed E-state index contributed by atoms with van der Waals surface area (Å²) in [4.78, 5) is 19.0. The third-order valence-electron chi connectivity index (χ3n) is 5.98. The van der Waals surface area contributed by atoms with E-state index in [1.54, 1.807) is 18.5 Å². The van der Waals surface area contributed by atoms with E-state index in [9.17, 15) is 23.1 Å². The molecule has 0 aliphatic carbocycles. The molecule has 3 aromatic rings. The highest BCUT2D eigenvalue weighted by Gasteiger charge is 2.33. The quantitative estimate of drug-likeness (QED) is 0.382. The van der Waals surface area contributed by atoms with Crippen LogP contribution >= 0.6 is 11.6 Å². The lowest BCUT2D eigenvalue weighted by molar-refractivity contribution is -0.137. The Morgan fingerprint density at radius 2 is 1.86 bits per heavy atom. The molecule has 0 atom stereocenters. The fourth-order valence-electron chi connectivity index (χ4n) is 4.07. The lowest BCUT2D eigenvalue weighted by atomic mass is 9.96. The first-order chi connectivity index (χ1) is 16.7. The number of amides is 2. The van der Waals surface area contributed by atoms with Gasteiger partial charge >= 0.3 is 12.2 Å². The SMILES string of the molecule is O=C(Nc1ccc(Cl)c(C(F)(F)F)c1)Nc1ccc(-c2cccnc2)cc1N1CCC(CO)CC1. The number of alkyl halides is 3. The number of aliphatic hydroxyl groups is 1. The van der Waals surface area contributed by atoms with E-state index in [-0.39, 0.29) is 18.2 Å². The van der Waals surface area contributed by atoms with Gasteiger partial charge in [0, 0.05) is 43.3 Å². The van der Waals surface area contributed by atoms with Crippen LogP contribution in [0, 0.1) is 5.92 Å². The number of benzene rings is 2. The number of aliphatic hydroxyl groups excluding tert-OH is 1. The van der Waals surface area contributed by atoms with Gasteiger partial charge in [0.1, 0.15) is 0 Å². The highest BCUT2D eigenvalue weighted by atomic mass is 35.5. The van der Waals surface area contributed by atoms with Crippen molar-refractivity contribution in [2.75, 3.05) is 35.2 Å². The predicted molar refractivity (Wildman–Crippen MR) is 131 cm³/mol. The fourth-order valence-corrected chi connectivity index (χ4v) is 4.30. The molecule has 1 saturated heterocycles. The zero-order chi connectivity index (χ0) is 25.0. The van der Waals surface area contributed by atoms with Crippen molar-refractivity contribution in [1.29, 1.82) is 0 Å². The number of carbonyl (C=O) groups excluding carboxylic acids is 1. The first-order valence-corrected chi connectivity index (χ1v) is 11.5. The molecule has 35 heavy (non-hydrogen) atoms. The molecule has 0 unspecified atom stereocenters. The maximum Gasteiger partial charge on any atom is 0.417 e. The van der Waals surface area contributed by atoms with Gasteiger partial charge in [0.25, 0.3) is 0 Å². The van der Waals surface area contributed by atoms with Crippen molar-refractivity contribution in [3.8, 4) is 11.1 Å². The molecular weight excluding hydrogens is 481 g/mol. The summed E-state index contributed by atoms with van der Waals surface area (Å²) in [6.07, 6.45) is 0.413. The monoisotopic (exact) mass is 504 g/mol. The number of nitrogens with one attached hydrogen (secondary N) is 2. The summed E-state index contributed by atoms with van der Waals surface area (Å²) < 4.78 is 39.5. The first kappa shape index (κ1) is 24.8. The number of nitrogens with zero attached hydrogens (tertiary/aromatic N) is 2. The second-order valence-electron chi connectivity index (χ2n) is 8.36. The molecule has 0 bridgehead atoms. The number of halogens is 4. The lowest BCUT2D eigenvalue weighted by Crippen LogP contribution is -2.35. The van der Waals surface area contributed by atoms with Gasteiger partial charge in [0.2, 0.25) is 0 Å². The van der Waals surface area contributed by atoms with Crippen LogP contribution in [0.1, 0.15) is 18.4 Å². The molecule has 2 amide bonds. The molecule has 1 fully saturated rings. The number of pyridine rings is 1. The molecule has 6 nitrogen and oxygen atoms in total. The van der Waals surface area contributed by atoms with Crippen molar-refractivity contribution in [3.63, 3.8) is 0 Å². The van der Waals surface area contributed by atoms with Gasteiger partial charge in [0.15, 0.2) is 0 Å². The van der Waals surface area contributed by atoms with Crippen LogP contribution in [0.4, 0.5) is 35.0 Å². The normalized spacial score (nSPS) is 14.6. The minimum atomic E-state index is -4.64. The Kier molecular flexibility index (Phi) is 7.47. The van der Waals surface area contributed by atoms with Crippen LogP contribution < -0.4 is 15.5 Å². The Morgan fingerprint density at radius 3 is 2.51 bits per heavy atom. The van der Waals surface area contributed by atoms with Crippen LogP contribution in [0.15, 0.2) is 60.9 Å². The van der Waals surface area contributed by atoms with Gasteiger partial charge < -0.3 is 20.6 Å². The topological polar surface area (TPSA) is 77.5 Å². The van der Waals surface area contributed by atoms with Gasteiger partial charge in [-0.15, -0.1) is 0 Å². The van der Waals surface area contributed by atoms with Crippen LogP contribution in [-0.4, -0.2) is 35.8 Å². The average molecular weight is 505 g/mol. The summed E-state index contributed by atoms with van der Waals surface area (Å²) in [5.74, 6) is 0.236. The smallest absolute Gasteiger partial charge is 0.396 e. The summed E-state index contributed by atoms with van der Waals surface area (Å²) in [7, 11) is 0. The Balaban J connectivity index is 1.58. The Bertz CT molecular complexity index is 1180. The molecule has 0 radical (unpaired) electrons. The second-order valence-corrected chi connectivity index (χ2v) is 8.77. The third-order valence-corrected chi connectivity index (χ3v) is 6.31. The van der Waals surface area contributed by atoms with Gasteiger partial charge in [-0.1, -0.05) is 23.7 Å². The number of hydrogen-bond acceptors (Lipinski definition) is 4. The van der Waals surface area contributed by atoms with E-state index in [1.807, 2.05) is 24.3 Å². The van der Waals surface area contributed by atoms with Gasteiger partial charge in [-0.3, -0.25) is 4.98 Å². The fraction of sp³-hybridized carbons (Fsp3) is 0.280. The lowest BCUT2D eigenvalue weighted by Gasteiger charge is -2.34. The third kappa shape index (κ3) is 6.04. The zero-order valence-electron chi connectivity index (χ0n) is 18.6. The van der Waals surface area contributed by atoms with E-state index in [4.69, 9.17) is 11.6 Å². The highest BCUT2D eigenvalue weighted by Crippen LogP contribution is 2.37. The average Bonchev–Trinajstić information content (AvgIpc) is 2.85. The van der Waals surface area contributed by atoms with Gasteiger partial charge in [-0.2, -0.15) is 13.2 Å². The maximum absolute atomic E-state index is 13.2. The molecule has 1 aliphatic heterocycles. The molecule has 0 spiro atoms. The van der Waals surface area contributed by atoms with Gasteiger partial charge in [-0.05, 0) is 60.7 Å². The summed E-state index contributed by atoms with van der Waals surface area (Å²) in [6, 6.07) is 11.9. The van der Waals surface area contributed by atoms with Gasteiger partial charge in [-0.25, -0.2) is 4.79 Å². The number of anilines is 3. The molecule has 0 saturated carbocycles. The molecule has 2 heterocycles. The minimum Gasteiger partial charge on any atom is -0.396 e. The van der Waals surface area contributed by atoms with Crippen LogP contribution in [0.5, 0.6) is 0 Å². The zero-order valence-corrected chi connectivity index (χ0v) is 19.4. The number of carbonyl (C=O) groups is 1. The number of hydrogen-bond donors (Lipinski definition) is 3. The number of urea groups is 1. The molecule has 4 rings (SSSR count). The van der Waals surface area contributed by atoms with E-state index in [1.165, 1.54) is 6.07 Å². The molecule has 10 heteroatoms. The van der Waals surface area contributed by atoms with Crippen LogP contribution in [0.25, 0.3) is 11.1 Å². The molecule has 2 aromatic carbocycles. The first-order valence-electron chi connectivity index (χ1n) is 11.1. The van der Waals surface area contributed by atoms with Gasteiger partial charge in [0.05, 0.1) is 22.0 Å². The van der Waals surface area contributed by atoms with Crippen molar-refractivity contribution >= 4 is 34.7 Å². The number of piperidine rings is 1. The van der Waals surface area contributed by atoms with E-state index < -0.39 is 22.8 Å². The molecule has 1 aromatic heterocycles. The van der Waals surface area contributed by atoms with E-state index in [2.05, 4.69) is 20.5 Å². The molecule has 184 valence electrons. The Labute approximate surface area is 205 Å². The van der Waals surface area contributed by atoms with E-state index >= 15 is 0 Å². The number of aromatic nitrogens is 1. The van der Waals surface area contributed by atoms with Crippen molar-refractivity contribution in [2.24, 2.45) is 5.92 Å². The predicted octanol–water partition coefficient (Wildman–Crippen LogP) is 6.27. The minimum absolute atomic E-state index is 0.0310. The van der Waals surface area contributed by atoms with Crippen molar-refractivity contribution in [1.82, 2.24) is 4.98 Å². The highest BCUT2D eigenvalue weighted by molar-refractivity contribution is 6.31. The largest absolute Gasteiger partial charge is 0.417 e. The molecule has 3 N–H and O–H groups in total. The molecular formula is C25H24ClF3N4O2. The second kappa shape index (κ2) is 10.5. The van der Waals surface area contributed by atoms with E-state index in [0.29, 0.717) is 18.8 Å². The van der Waals surface area contributed by atoms with E-state index in [0.717, 1.165) is 41.8 Å². The van der Waals surface area contributed by atoms with Crippen LogP contribution in [0.2, 0.25) is 5.02 Å². The Hall–Kier alpha value is -3.30. The van der Waals surface area contributed by atoms with Crippen LogP contribution in [0.3, 0.4) is 0 Å². The van der Waals surface area contributed by atoms with Crippen LogP contribution in [-0.2, 0) is 6.18 Å². The molecule has 1 aliphatic rings. The maximum atomic E-state index is 13.2. The Morgan fingerprint density at radius 1 is 1.09 bits per heavy atom. The standard InChI is InChI=1S/C25H24ClF3N4O2/c26-21-5-4-19(13-20(21)25(27,28)29)31-24(35)32-22-6-3-17(18-2-1-9-30-14-18)12-23(22)33-10-7-16(15-34)8-11-33/h1-6,9,12-14,16,34H,7-8,10-11,15H2,(H2,31,32,35).